The van der Waals surface area contributed by atoms with Crippen molar-refractivity contribution in [3.8, 4) is 5.75 Å². The third-order valence-electron chi connectivity index (χ3n) is 1.90. The highest BCUT2D eigenvalue weighted by molar-refractivity contribution is 9.10. The smallest absolute Gasteiger partial charge is 0.419 e. The van der Waals surface area contributed by atoms with Gasteiger partial charge in [0.2, 0.25) is 0 Å². The maximum Gasteiger partial charge on any atom is 0.419 e. The second-order valence-corrected chi connectivity index (χ2v) is 3.88. The van der Waals surface area contributed by atoms with Crippen LogP contribution in [-0.2, 0) is 12.4 Å². The summed E-state index contributed by atoms with van der Waals surface area (Å²) in [6.07, 6.45) is -9.78. The number of halogens is 7. The molecule has 0 bridgehead atoms. The summed E-state index contributed by atoms with van der Waals surface area (Å²) >= 11 is 2.56. The zero-order valence-electron chi connectivity index (χ0n) is 8.21. The molecule has 0 N–H and O–H groups in total. The SMILES string of the molecule is COc1cc(Br)c(C(F)(F)F)cc1C(F)(F)F. The summed E-state index contributed by atoms with van der Waals surface area (Å²) in [6, 6.07) is 0.661. The van der Waals surface area contributed by atoms with Crippen LogP contribution in [0.1, 0.15) is 11.1 Å². The van der Waals surface area contributed by atoms with E-state index in [-0.39, 0.29) is 6.07 Å². The predicted molar refractivity (Wildman–Crippen MR) is 50.7 cm³/mol. The Hall–Kier alpha value is -0.920. The van der Waals surface area contributed by atoms with Crippen molar-refractivity contribution in [1.82, 2.24) is 0 Å². The van der Waals surface area contributed by atoms with Crippen LogP contribution in [0.2, 0.25) is 0 Å². The largest absolute Gasteiger partial charge is 0.496 e. The first-order chi connectivity index (χ1) is 7.57. The molecule has 0 saturated heterocycles. The Bertz CT molecular complexity index is 423. The van der Waals surface area contributed by atoms with Crippen LogP contribution in [0.15, 0.2) is 16.6 Å². The van der Waals surface area contributed by atoms with Crippen LogP contribution in [0.5, 0.6) is 5.75 Å². The van der Waals surface area contributed by atoms with Crippen LogP contribution in [0.4, 0.5) is 26.3 Å². The molecule has 0 spiro atoms. The van der Waals surface area contributed by atoms with Gasteiger partial charge in [-0.1, -0.05) is 15.9 Å². The highest BCUT2D eigenvalue weighted by atomic mass is 79.9. The molecule has 0 radical (unpaired) electrons. The van der Waals surface area contributed by atoms with Gasteiger partial charge < -0.3 is 4.74 Å². The lowest BCUT2D eigenvalue weighted by atomic mass is 10.1. The minimum Gasteiger partial charge on any atom is -0.496 e. The van der Waals surface area contributed by atoms with Gasteiger partial charge in [0.25, 0.3) is 0 Å². The topological polar surface area (TPSA) is 9.23 Å². The van der Waals surface area contributed by atoms with Crippen LogP contribution in [0, 0.1) is 0 Å². The lowest BCUT2D eigenvalue weighted by Crippen LogP contribution is -2.12. The quantitative estimate of drug-likeness (QED) is 0.692. The molecule has 1 rings (SSSR count). The van der Waals surface area contributed by atoms with E-state index in [2.05, 4.69) is 20.7 Å². The van der Waals surface area contributed by atoms with Crippen molar-refractivity contribution >= 4 is 15.9 Å². The molecule has 0 amide bonds. The molecule has 1 aromatic rings. The van der Waals surface area contributed by atoms with E-state index in [9.17, 15) is 26.3 Å². The average Bonchev–Trinajstić information content (AvgIpc) is 2.13. The minimum absolute atomic E-state index is 0.0168. The van der Waals surface area contributed by atoms with Gasteiger partial charge in [-0.15, -0.1) is 0 Å². The van der Waals surface area contributed by atoms with Crippen molar-refractivity contribution in [2.45, 2.75) is 12.4 Å². The normalized spacial score (nSPS) is 12.7. The van der Waals surface area contributed by atoms with E-state index in [1.165, 1.54) is 0 Å². The molecule has 0 aliphatic carbocycles. The first kappa shape index (κ1) is 14.1. The maximum atomic E-state index is 12.5. The Morgan fingerprint density at radius 1 is 0.941 bits per heavy atom. The van der Waals surface area contributed by atoms with Gasteiger partial charge in [0, 0.05) is 4.47 Å². The van der Waals surface area contributed by atoms with E-state index in [1.54, 1.807) is 0 Å². The summed E-state index contributed by atoms with van der Waals surface area (Å²) in [5.74, 6) is -0.669. The molecule has 0 saturated carbocycles. The van der Waals surface area contributed by atoms with Gasteiger partial charge in [0.05, 0.1) is 18.2 Å². The number of hydrogen-bond donors (Lipinski definition) is 0. The lowest BCUT2D eigenvalue weighted by molar-refractivity contribution is -0.144. The predicted octanol–water partition coefficient (Wildman–Crippen LogP) is 4.50. The van der Waals surface area contributed by atoms with Crippen molar-refractivity contribution in [2.75, 3.05) is 7.11 Å². The molecule has 1 nitrogen and oxygen atoms in total. The van der Waals surface area contributed by atoms with E-state index in [1.807, 2.05) is 0 Å². The second kappa shape index (κ2) is 4.40. The number of methoxy groups -OCH3 is 1. The molecule has 0 aliphatic heterocycles. The molecule has 0 aliphatic rings. The van der Waals surface area contributed by atoms with Gasteiger partial charge in [-0.3, -0.25) is 0 Å². The van der Waals surface area contributed by atoms with E-state index < -0.39 is 33.7 Å². The third-order valence-corrected chi connectivity index (χ3v) is 2.56. The Labute approximate surface area is 101 Å². The Balaban J connectivity index is 3.49. The lowest BCUT2D eigenvalue weighted by Gasteiger charge is -2.16. The number of benzene rings is 1. The van der Waals surface area contributed by atoms with E-state index in [4.69, 9.17) is 0 Å². The first-order valence-corrected chi connectivity index (χ1v) is 4.88. The van der Waals surface area contributed by atoms with Gasteiger partial charge >= 0.3 is 12.4 Å². The summed E-state index contributed by atoms with van der Waals surface area (Å²) in [6.45, 7) is 0. The van der Waals surface area contributed by atoms with Gasteiger partial charge in [-0.05, 0) is 12.1 Å². The van der Waals surface area contributed by atoms with E-state index in [0.29, 0.717) is 6.07 Å². The Morgan fingerprint density at radius 3 is 1.76 bits per heavy atom. The Kier molecular flexibility index (Phi) is 3.66. The summed E-state index contributed by atoms with van der Waals surface area (Å²) in [5.41, 5.74) is -2.86. The zero-order valence-corrected chi connectivity index (χ0v) is 9.79. The molecule has 8 heteroatoms. The molecule has 0 unspecified atom stereocenters. The highest BCUT2D eigenvalue weighted by Crippen LogP contribution is 2.43. The number of alkyl halides is 6. The van der Waals surface area contributed by atoms with Gasteiger partial charge in [0.15, 0.2) is 0 Å². The van der Waals surface area contributed by atoms with Crippen molar-refractivity contribution in [2.24, 2.45) is 0 Å². The summed E-state index contributed by atoms with van der Waals surface area (Å²) < 4.78 is 78.6. The number of rotatable bonds is 1. The monoisotopic (exact) mass is 322 g/mol. The van der Waals surface area contributed by atoms with Crippen molar-refractivity contribution in [1.29, 1.82) is 0 Å². The zero-order chi connectivity index (χ0) is 13.4. The van der Waals surface area contributed by atoms with Crippen LogP contribution in [0.25, 0.3) is 0 Å². The number of ether oxygens (including phenoxy) is 1. The van der Waals surface area contributed by atoms with Crippen LogP contribution in [-0.4, -0.2) is 7.11 Å². The van der Waals surface area contributed by atoms with Crippen molar-refractivity contribution in [3.63, 3.8) is 0 Å². The fraction of sp³-hybridized carbons (Fsp3) is 0.333. The number of hydrogen-bond acceptors (Lipinski definition) is 1. The molecule has 0 heterocycles. The molecule has 17 heavy (non-hydrogen) atoms. The van der Waals surface area contributed by atoms with Gasteiger partial charge in [0.1, 0.15) is 5.75 Å². The summed E-state index contributed by atoms with van der Waals surface area (Å²) in [7, 11) is 0.949. The average molecular weight is 323 g/mol. The highest BCUT2D eigenvalue weighted by Gasteiger charge is 2.40. The molecule has 96 valence electrons. The van der Waals surface area contributed by atoms with E-state index in [0.717, 1.165) is 7.11 Å². The third kappa shape index (κ3) is 3.05. The standard InChI is InChI=1S/C9H5BrF6O/c1-17-7-3-6(10)4(8(11,12)13)2-5(7)9(14,15)16/h2-3H,1H3. The fourth-order valence-electron chi connectivity index (χ4n) is 1.16. The first-order valence-electron chi connectivity index (χ1n) is 4.09. The van der Waals surface area contributed by atoms with Crippen LogP contribution < -0.4 is 4.74 Å². The molecule has 0 aromatic heterocycles. The Morgan fingerprint density at radius 2 is 1.41 bits per heavy atom. The summed E-state index contributed by atoms with van der Waals surface area (Å²) in [4.78, 5) is 0. The van der Waals surface area contributed by atoms with Gasteiger partial charge in [-0.2, -0.15) is 26.3 Å². The summed E-state index contributed by atoms with van der Waals surface area (Å²) in [5, 5.41) is 0. The molecular weight excluding hydrogens is 318 g/mol. The molecule has 0 atom stereocenters. The molecule has 0 fully saturated rings. The maximum absolute atomic E-state index is 12.5. The van der Waals surface area contributed by atoms with Crippen LogP contribution in [0.3, 0.4) is 0 Å². The van der Waals surface area contributed by atoms with E-state index >= 15 is 0 Å². The van der Waals surface area contributed by atoms with Crippen molar-refractivity contribution < 1.29 is 31.1 Å². The van der Waals surface area contributed by atoms with Crippen molar-refractivity contribution in [3.05, 3.63) is 27.7 Å². The molecular formula is C9H5BrF6O. The second-order valence-electron chi connectivity index (χ2n) is 3.03. The fourth-order valence-corrected chi connectivity index (χ4v) is 1.71. The molecule has 1 aromatic carbocycles. The van der Waals surface area contributed by atoms with Crippen LogP contribution >= 0.6 is 15.9 Å². The minimum atomic E-state index is -4.91. The van der Waals surface area contributed by atoms with Gasteiger partial charge in [-0.25, -0.2) is 0 Å².